The zero-order chi connectivity index (χ0) is 15.5. The number of hydrogen-bond donors (Lipinski definition) is 0. The van der Waals surface area contributed by atoms with Crippen LogP contribution in [0.5, 0.6) is 5.75 Å². The van der Waals surface area contributed by atoms with Crippen LogP contribution in [0.3, 0.4) is 0 Å². The van der Waals surface area contributed by atoms with E-state index in [0.717, 1.165) is 0 Å². The number of hydrogen-bond acceptors (Lipinski definition) is 3. The standard InChI is InChI=1S/C15H12Cl2O3S/c1-20-12-7-5-6-11(10-12)14(16)15(17)21(18,19)13-8-3-2-4-9-13/h2-10H,1H3/b15-14+. The summed E-state index contributed by atoms with van der Waals surface area (Å²) in [6.45, 7) is 0. The van der Waals surface area contributed by atoms with E-state index in [4.69, 9.17) is 27.9 Å². The van der Waals surface area contributed by atoms with E-state index in [1.807, 2.05) is 0 Å². The molecule has 0 atom stereocenters. The minimum atomic E-state index is -3.83. The predicted molar refractivity (Wildman–Crippen MR) is 85.2 cm³/mol. The van der Waals surface area contributed by atoms with Crippen molar-refractivity contribution in [2.24, 2.45) is 0 Å². The molecule has 0 spiro atoms. The summed E-state index contributed by atoms with van der Waals surface area (Å²) in [5.74, 6) is 0.562. The summed E-state index contributed by atoms with van der Waals surface area (Å²) in [4.78, 5) is 0.0936. The molecule has 0 fully saturated rings. The number of methoxy groups -OCH3 is 1. The van der Waals surface area contributed by atoms with E-state index in [-0.39, 0.29) is 9.93 Å². The molecule has 0 aliphatic carbocycles. The van der Waals surface area contributed by atoms with E-state index in [1.165, 1.54) is 19.2 Å². The Hall–Kier alpha value is -1.49. The fourth-order valence-corrected chi connectivity index (χ4v) is 3.57. The van der Waals surface area contributed by atoms with Crippen molar-refractivity contribution in [2.75, 3.05) is 7.11 Å². The van der Waals surface area contributed by atoms with Crippen molar-refractivity contribution in [2.45, 2.75) is 4.90 Å². The molecule has 0 saturated heterocycles. The van der Waals surface area contributed by atoms with Crippen LogP contribution in [0.4, 0.5) is 0 Å². The van der Waals surface area contributed by atoms with Gasteiger partial charge in [-0.05, 0) is 29.8 Å². The Morgan fingerprint density at radius 2 is 1.67 bits per heavy atom. The zero-order valence-corrected chi connectivity index (χ0v) is 13.4. The van der Waals surface area contributed by atoms with Gasteiger partial charge < -0.3 is 4.74 Å². The van der Waals surface area contributed by atoms with Crippen LogP contribution in [0, 0.1) is 0 Å². The van der Waals surface area contributed by atoms with Crippen LogP contribution in [0.15, 0.2) is 63.9 Å². The van der Waals surface area contributed by atoms with Crippen LogP contribution in [-0.2, 0) is 9.84 Å². The van der Waals surface area contributed by atoms with Crippen LogP contribution < -0.4 is 4.74 Å². The van der Waals surface area contributed by atoms with Crippen molar-refractivity contribution < 1.29 is 13.2 Å². The number of halogens is 2. The van der Waals surface area contributed by atoms with Gasteiger partial charge in [-0.1, -0.05) is 53.5 Å². The Morgan fingerprint density at radius 1 is 1.00 bits per heavy atom. The van der Waals surface area contributed by atoms with Crippen LogP contribution >= 0.6 is 23.2 Å². The van der Waals surface area contributed by atoms with E-state index in [9.17, 15) is 8.42 Å². The number of sulfone groups is 1. The topological polar surface area (TPSA) is 43.4 Å². The Bertz CT molecular complexity index is 769. The molecule has 21 heavy (non-hydrogen) atoms. The molecular weight excluding hydrogens is 331 g/mol. The largest absolute Gasteiger partial charge is 0.497 e. The average molecular weight is 343 g/mol. The fourth-order valence-electron chi connectivity index (χ4n) is 1.69. The Balaban J connectivity index is 2.52. The molecule has 0 amide bonds. The highest BCUT2D eigenvalue weighted by Gasteiger charge is 2.23. The van der Waals surface area contributed by atoms with E-state index in [0.29, 0.717) is 11.3 Å². The maximum absolute atomic E-state index is 12.4. The lowest BCUT2D eigenvalue weighted by molar-refractivity contribution is 0.414. The summed E-state index contributed by atoms with van der Waals surface area (Å²) in [6.07, 6.45) is 0. The lowest BCUT2D eigenvalue weighted by atomic mass is 10.2. The number of benzene rings is 2. The van der Waals surface area contributed by atoms with Gasteiger partial charge in [0, 0.05) is 0 Å². The predicted octanol–water partition coefficient (Wildman–Crippen LogP) is 4.27. The van der Waals surface area contributed by atoms with E-state index >= 15 is 0 Å². The molecule has 2 aromatic carbocycles. The lowest BCUT2D eigenvalue weighted by Gasteiger charge is -2.07. The van der Waals surface area contributed by atoms with Gasteiger partial charge in [0.2, 0.25) is 9.84 Å². The van der Waals surface area contributed by atoms with Gasteiger partial charge in [-0.25, -0.2) is 8.42 Å². The first-order valence-corrected chi connectivity index (χ1v) is 8.20. The maximum atomic E-state index is 12.4. The van der Waals surface area contributed by atoms with Gasteiger partial charge in [-0.3, -0.25) is 0 Å². The first-order valence-electron chi connectivity index (χ1n) is 5.96. The monoisotopic (exact) mass is 342 g/mol. The molecule has 0 aliphatic rings. The normalized spacial score (nSPS) is 12.7. The molecule has 110 valence electrons. The first kappa shape index (κ1) is 15.9. The van der Waals surface area contributed by atoms with Crippen LogP contribution in [0.1, 0.15) is 5.56 Å². The number of rotatable bonds is 4. The summed E-state index contributed by atoms with van der Waals surface area (Å²) >= 11 is 12.1. The van der Waals surface area contributed by atoms with E-state index in [2.05, 4.69) is 0 Å². The van der Waals surface area contributed by atoms with Crippen LogP contribution in [0.2, 0.25) is 0 Å². The van der Waals surface area contributed by atoms with Crippen LogP contribution in [0.25, 0.3) is 5.03 Å². The summed E-state index contributed by atoms with van der Waals surface area (Å²) in [5, 5.41) is -0.0422. The van der Waals surface area contributed by atoms with Crippen molar-refractivity contribution >= 4 is 38.1 Å². The van der Waals surface area contributed by atoms with Crippen molar-refractivity contribution in [3.05, 3.63) is 64.5 Å². The second-order valence-electron chi connectivity index (χ2n) is 4.14. The van der Waals surface area contributed by atoms with Gasteiger partial charge in [-0.2, -0.15) is 0 Å². The molecule has 0 unspecified atom stereocenters. The summed E-state index contributed by atoms with van der Waals surface area (Å²) in [5.41, 5.74) is 0.473. The molecule has 0 heterocycles. The summed E-state index contributed by atoms with van der Waals surface area (Å²) in [6, 6.07) is 14.6. The fraction of sp³-hybridized carbons (Fsp3) is 0.0667. The Labute approximate surface area is 133 Å². The molecule has 0 aliphatic heterocycles. The van der Waals surface area contributed by atoms with E-state index < -0.39 is 14.2 Å². The highest BCUT2D eigenvalue weighted by molar-refractivity contribution is 7.97. The van der Waals surface area contributed by atoms with Gasteiger partial charge >= 0.3 is 0 Å². The molecule has 2 aromatic rings. The highest BCUT2D eigenvalue weighted by atomic mass is 35.5. The molecule has 0 radical (unpaired) electrons. The summed E-state index contributed by atoms with van der Waals surface area (Å²) < 4.78 is 29.5. The lowest BCUT2D eigenvalue weighted by Crippen LogP contribution is -2.02. The molecule has 3 nitrogen and oxygen atoms in total. The molecule has 0 saturated carbocycles. The third-order valence-electron chi connectivity index (χ3n) is 2.79. The van der Waals surface area contributed by atoms with Gasteiger partial charge in [0.15, 0.2) is 4.36 Å². The second-order valence-corrected chi connectivity index (χ2v) is 7.00. The third-order valence-corrected chi connectivity index (χ3v) is 5.77. The molecule has 2 rings (SSSR count). The van der Waals surface area contributed by atoms with Crippen molar-refractivity contribution in [3.8, 4) is 5.75 Å². The zero-order valence-electron chi connectivity index (χ0n) is 11.1. The average Bonchev–Trinajstić information content (AvgIpc) is 2.54. The maximum Gasteiger partial charge on any atom is 0.218 e. The smallest absolute Gasteiger partial charge is 0.218 e. The van der Waals surface area contributed by atoms with Crippen molar-refractivity contribution in [1.29, 1.82) is 0 Å². The Kier molecular flexibility index (Phi) is 4.93. The first-order chi connectivity index (χ1) is 9.96. The molecule has 0 bridgehead atoms. The molecule has 0 aromatic heterocycles. The minimum absolute atomic E-state index is 0.0422. The highest BCUT2D eigenvalue weighted by Crippen LogP contribution is 2.33. The van der Waals surface area contributed by atoms with Crippen LogP contribution in [-0.4, -0.2) is 15.5 Å². The third kappa shape index (κ3) is 3.40. The Morgan fingerprint density at radius 3 is 2.29 bits per heavy atom. The number of ether oxygens (including phenoxy) is 1. The van der Waals surface area contributed by atoms with Gasteiger partial charge in [-0.15, -0.1) is 0 Å². The minimum Gasteiger partial charge on any atom is -0.497 e. The van der Waals surface area contributed by atoms with Gasteiger partial charge in [0.05, 0.1) is 17.0 Å². The molecule has 0 N–H and O–H groups in total. The quantitative estimate of drug-likeness (QED) is 0.833. The molecular formula is C15H12Cl2O3S. The van der Waals surface area contributed by atoms with Gasteiger partial charge in [0.1, 0.15) is 5.75 Å². The molecule has 6 heteroatoms. The summed E-state index contributed by atoms with van der Waals surface area (Å²) in [7, 11) is -2.32. The van der Waals surface area contributed by atoms with Crippen molar-refractivity contribution in [3.63, 3.8) is 0 Å². The van der Waals surface area contributed by atoms with Crippen molar-refractivity contribution in [1.82, 2.24) is 0 Å². The second kappa shape index (κ2) is 6.52. The van der Waals surface area contributed by atoms with E-state index in [1.54, 1.807) is 42.5 Å². The van der Waals surface area contributed by atoms with Gasteiger partial charge in [0.25, 0.3) is 0 Å². The SMILES string of the molecule is COc1cccc(/C(Cl)=C(/Cl)S(=O)(=O)c2ccccc2)c1.